The number of nitrogens with zero attached hydrogens (tertiary/aromatic N) is 3. The van der Waals surface area contributed by atoms with Gasteiger partial charge in [0.15, 0.2) is 6.10 Å². The molecule has 1 amide bonds. The van der Waals surface area contributed by atoms with Gasteiger partial charge in [-0.2, -0.15) is 5.10 Å². The molecule has 21 heavy (non-hydrogen) atoms. The van der Waals surface area contributed by atoms with E-state index in [1.807, 2.05) is 23.9 Å². The fourth-order valence-corrected chi connectivity index (χ4v) is 2.53. The van der Waals surface area contributed by atoms with Crippen molar-refractivity contribution in [2.24, 2.45) is 7.05 Å². The zero-order chi connectivity index (χ0) is 15.0. The smallest absolute Gasteiger partial charge is 0.267 e. The van der Waals surface area contributed by atoms with E-state index < -0.39 is 6.10 Å². The second-order valence-corrected chi connectivity index (χ2v) is 5.17. The molecule has 1 aliphatic heterocycles. The molecular weight excluding hydrogens is 268 g/mol. The molecular formula is C15H18N4O2. The molecule has 110 valence electrons. The van der Waals surface area contributed by atoms with Crippen LogP contribution in [0.4, 0.5) is 11.4 Å². The summed E-state index contributed by atoms with van der Waals surface area (Å²) >= 11 is 0. The molecule has 0 bridgehead atoms. The summed E-state index contributed by atoms with van der Waals surface area (Å²) in [6, 6.07) is 7.33. The number of aromatic nitrogens is 2. The zero-order valence-electron chi connectivity index (χ0n) is 12.1. The Morgan fingerprint density at radius 3 is 2.90 bits per heavy atom. The number of aryl methyl sites for hydroxylation is 1. The predicted molar refractivity (Wildman–Crippen MR) is 80.2 cm³/mol. The molecule has 0 saturated heterocycles. The third-order valence-corrected chi connectivity index (χ3v) is 3.71. The lowest BCUT2D eigenvalue weighted by Gasteiger charge is -2.33. The number of hydrogen-bond acceptors (Lipinski definition) is 4. The Labute approximate surface area is 123 Å². The predicted octanol–water partition coefficient (Wildman–Crippen LogP) is 1.36. The Bertz CT molecular complexity index is 680. The molecule has 0 radical (unpaired) electrons. The van der Waals surface area contributed by atoms with Crippen LogP contribution in [0, 0.1) is 0 Å². The number of nitrogens with two attached hydrogens (primary N) is 1. The Morgan fingerprint density at radius 2 is 2.19 bits per heavy atom. The normalized spacial score (nSPS) is 17.5. The van der Waals surface area contributed by atoms with Gasteiger partial charge in [0.2, 0.25) is 0 Å². The van der Waals surface area contributed by atoms with Gasteiger partial charge in [0.05, 0.1) is 5.69 Å². The topological polar surface area (TPSA) is 73.4 Å². The van der Waals surface area contributed by atoms with Crippen LogP contribution in [0.15, 0.2) is 30.5 Å². The number of amides is 1. The SMILES string of the molecule is CC1Oc2cc(N)ccc2N(CCc2ccnn2C)C1=O. The first kappa shape index (κ1) is 13.5. The van der Waals surface area contributed by atoms with Crippen molar-refractivity contribution in [3.63, 3.8) is 0 Å². The van der Waals surface area contributed by atoms with E-state index in [2.05, 4.69) is 5.10 Å². The van der Waals surface area contributed by atoms with Crippen LogP contribution in [0.1, 0.15) is 12.6 Å². The average molecular weight is 286 g/mol. The molecule has 0 saturated carbocycles. The molecule has 1 aromatic carbocycles. The van der Waals surface area contributed by atoms with Gasteiger partial charge >= 0.3 is 0 Å². The van der Waals surface area contributed by atoms with Gasteiger partial charge < -0.3 is 15.4 Å². The number of carbonyl (C=O) groups is 1. The number of benzene rings is 1. The molecule has 6 nitrogen and oxygen atoms in total. The minimum absolute atomic E-state index is 0.0329. The number of anilines is 2. The van der Waals surface area contributed by atoms with Crippen molar-refractivity contribution >= 4 is 17.3 Å². The van der Waals surface area contributed by atoms with Crippen molar-refractivity contribution in [2.45, 2.75) is 19.4 Å². The van der Waals surface area contributed by atoms with E-state index in [1.54, 1.807) is 30.2 Å². The highest BCUT2D eigenvalue weighted by Gasteiger charge is 2.31. The highest BCUT2D eigenvalue weighted by molar-refractivity contribution is 6.00. The third-order valence-electron chi connectivity index (χ3n) is 3.71. The lowest BCUT2D eigenvalue weighted by atomic mass is 10.1. The maximum atomic E-state index is 12.4. The van der Waals surface area contributed by atoms with E-state index in [1.165, 1.54) is 0 Å². The molecule has 0 fully saturated rings. The molecule has 1 aromatic heterocycles. The summed E-state index contributed by atoms with van der Waals surface area (Å²) in [6.07, 6.45) is 2.00. The van der Waals surface area contributed by atoms with Gasteiger partial charge in [-0.25, -0.2) is 0 Å². The molecule has 2 N–H and O–H groups in total. The van der Waals surface area contributed by atoms with Gasteiger partial charge in [-0.15, -0.1) is 0 Å². The van der Waals surface area contributed by atoms with E-state index >= 15 is 0 Å². The van der Waals surface area contributed by atoms with Gasteiger partial charge in [-0.3, -0.25) is 9.48 Å². The molecule has 2 heterocycles. The fourth-order valence-electron chi connectivity index (χ4n) is 2.53. The second kappa shape index (κ2) is 5.12. The van der Waals surface area contributed by atoms with Crippen molar-refractivity contribution in [3.8, 4) is 5.75 Å². The number of nitrogen functional groups attached to an aromatic ring is 1. The van der Waals surface area contributed by atoms with Crippen LogP contribution in [0.5, 0.6) is 5.75 Å². The highest BCUT2D eigenvalue weighted by Crippen LogP contribution is 2.35. The van der Waals surface area contributed by atoms with Crippen molar-refractivity contribution in [3.05, 3.63) is 36.2 Å². The van der Waals surface area contributed by atoms with Crippen LogP contribution in [0.25, 0.3) is 0 Å². The van der Waals surface area contributed by atoms with Crippen LogP contribution in [0.3, 0.4) is 0 Å². The third kappa shape index (κ3) is 2.44. The second-order valence-electron chi connectivity index (χ2n) is 5.17. The van der Waals surface area contributed by atoms with Crippen LogP contribution >= 0.6 is 0 Å². The van der Waals surface area contributed by atoms with Gasteiger partial charge in [0.25, 0.3) is 5.91 Å². The quantitative estimate of drug-likeness (QED) is 0.865. The van der Waals surface area contributed by atoms with Crippen LogP contribution < -0.4 is 15.4 Å². The summed E-state index contributed by atoms with van der Waals surface area (Å²) in [5.74, 6) is 0.626. The van der Waals surface area contributed by atoms with Crippen LogP contribution in [-0.2, 0) is 18.3 Å². The van der Waals surface area contributed by atoms with E-state index in [9.17, 15) is 4.79 Å². The van der Waals surface area contributed by atoms with Crippen molar-refractivity contribution in [2.75, 3.05) is 17.2 Å². The van der Waals surface area contributed by atoms with Gasteiger partial charge in [0.1, 0.15) is 5.75 Å². The number of fused-ring (bicyclic) bond motifs is 1. The molecule has 6 heteroatoms. The summed E-state index contributed by atoms with van der Waals surface area (Å²) in [6.45, 7) is 2.34. The number of carbonyl (C=O) groups excluding carboxylic acids is 1. The van der Waals surface area contributed by atoms with Crippen LogP contribution in [0.2, 0.25) is 0 Å². The Balaban J connectivity index is 1.86. The maximum absolute atomic E-state index is 12.4. The molecule has 1 atom stereocenters. The number of rotatable bonds is 3. The monoisotopic (exact) mass is 286 g/mol. The summed E-state index contributed by atoms with van der Waals surface area (Å²) in [5, 5.41) is 4.14. The minimum Gasteiger partial charge on any atom is -0.479 e. The summed E-state index contributed by atoms with van der Waals surface area (Å²) in [4.78, 5) is 14.1. The van der Waals surface area contributed by atoms with Crippen molar-refractivity contribution in [1.82, 2.24) is 9.78 Å². The zero-order valence-corrected chi connectivity index (χ0v) is 12.1. The summed E-state index contributed by atoms with van der Waals surface area (Å²) in [5.41, 5.74) is 8.27. The van der Waals surface area contributed by atoms with Gasteiger partial charge in [0, 0.05) is 43.7 Å². The minimum atomic E-state index is -0.495. The van der Waals surface area contributed by atoms with Gasteiger partial charge in [-0.1, -0.05) is 0 Å². The van der Waals surface area contributed by atoms with E-state index in [0.717, 1.165) is 17.8 Å². The van der Waals surface area contributed by atoms with E-state index in [0.29, 0.717) is 18.0 Å². The Kier molecular flexibility index (Phi) is 3.29. The summed E-state index contributed by atoms with van der Waals surface area (Å²) < 4.78 is 7.44. The Hall–Kier alpha value is -2.50. The lowest BCUT2D eigenvalue weighted by Crippen LogP contribution is -2.45. The first-order valence-corrected chi connectivity index (χ1v) is 6.90. The van der Waals surface area contributed by atoms with E-state index in [-0.39, 0.29) is 5.91 Å². The van der Waals surface area contributed by atoms with Crippen molar-refractivity contribution < 1.29 is 9.53 Å². The number of ether oxygens (including phenoxy) is 1. The van der Waals surface area contributed by atoms with E-state index in [4.69, 9.17) is 10.5 Å². The fraction of sp³-hybridized carbons (Fsp3) is 0.333. The molecule has 3 rings (SSSR count). The first-order chi connectivity index (χ1) is 10.1. The standard InChI is InChI=1S/C15H18N4O2/c1-10-15(20)19(8-6-12-5-7-17-18(12)2)13-4-3-11(16)9-14(13)21-10/h3-5,7,9-10H,6,8,16H2,1-2H3. The summed E-state index contributed by atoms with van der Waals surface area (Å²) in [7, 11) is 1.90. The van der Waals surface area contributed by atoms with Crippen LogP contribution in [-0.4, -0.2) is 28.3 Å². The molecule has 0 spiro atoms. The van der Waals surface area contributed by atoms with Gasteiger partial charge in [-0.05, 0) is 25.1 Å². The highest BCUT2D eigenvalue weighted by atomic mass is 16.5. The number of hydrogen-bond donors (Lipinski definition) is 1. The largest absolute Gasteiger partial charge is 0.479 e. The first-order valence-electron chi connectivity index (χ1n) is 6.90. The molecule has 1 aliphatic rings. The van der Waals surface area contributed by atoms with Crippen molar-refractivity contribution in [1.29, 1.82) is 0 Å². The average Bonchev–Trinajstić information content (AvgIpc) is 2.85. The Morgan fingerprint density at radius 1 is 1.38 bits per heavy atom. The maximum Gasteiger partial charge on any atom is 0.267 e. The lowest BCUT2D eigenvalue weighted by molar-refractivity contribution is -0.125. The molecule has 0 aliphatic carbocycles. The molecule has 2 aromatic rings. The molecule has 1 unspecified atom stereocenters.